The first-order valence-electron chi connectivity index (χ1n) is 6.10. The standard InChI is InChI=1S/C15H12O6/c1-19-10-4-3-8(16)13-14(18)7-5-12(20-2)9(17)6-11(7)21-15(10)13/h3-6,16-17H,1-2H3. The van der Waals surface area contributed by atoms with Crippen molar-refractivity contribution in [3.8, 4) is 23.0 Å². The second-order valence-electron chi connectivity index (χ2n) is 4.44. The Balaban J connectivity index is 2.55. The van der Waals surface area contributed by atoms with Crippen LogP contribution in [0.15, 0.2) is 33.5 Å². The Hall–Kier alpha value is -2.89. The summed E-state index contributed by atoms with van der Waals surface area (Å²) >= 11 is 0. The van der Waals surface area contributed by atoms with E-state index in [9.17, 15) is 15.0 Å². The Kier molecular flexibility index (Phi) is 2.86. The molecule has 1 heterocycles. The van der Waals surface area contributed by atoms with E-state index in [1.54, 1.807) is 0 Å². The maximum atomic E-state index is 12.5. The summed E-state index contributed by atoms with van der Waals surface area (Å²) in [6.07, 6.45) is 0. The number of benzene rings is 2. The molecule has 3 rings (SSSR count). The van der Waals surface area contributed by atoms with Gasteiger partial charge in [0.15, 0.2) is 22.8 Å². The number of phenolic OH excluding ortho intramolecular Hbond substituents is 2. The van der Waals surface area contributed by atoms with Crippen molar-refractivity contribution in [2.45, 2.75) is 0 Å². The van der Waals surface area contributed by atoms with Crippen molar-refractivity contribution < 1.29 is 24.1 Å². The summed E-state index contributed by atoms with van der Waals surface area (Å²) < 4.78 is 15.7. The van der Waals surface area contributed by atoms with Gasteiger partial charge in [-0.3, -0.25) is 4.79 Å². The van der Waals surface area contributed by atoms with E-state index in [1.807, 2.05) is 0 Å². The van der Waals surface area contributed by atoms with Gasteiger partial charge >= 0.3 is 0 Å². The number of fused-ring (bicyclic) bond motifs is 2. The predicted octanol–water partition coefficient (Wildman–Crippen LogP) is 2.37. The zero-order valence-electron chi connectivity index (χ0n) is 11.3. The molecule has 0 atom stereocenters. The normalized spacial score (nSPS) is 11.0. The van der Waals surface area contributed by atoms with Gasteiger partial charge in [0.25, 0.3) is 0 Å². The topological polar surface area (TPSA) is 89.1 Å². The third kappa shape index (κ3) is 1.84. The minimum Gasteiger partial charge on any atom is -0.507 e. The molecule has 0 fully saturated rings. The largest absolute Gasteiger partial charge is 0.507 e. The lowest BCUT2D eigenvalue weighted by Gasteiger charge is -2.09. The zero-order chi connectivity index (χ0) is 15.1. The highest BCUT2D eigenvalue weighted by Crippen LogP contribution is 2.36. The van der Waals surface area contributed by atoms with E-state index < -0.39 is 5.43 Å². The minimum absolute atomic E-state index is 0.0228. The van der Waals surface area contributed by atoms with Crippen LogP contribution in [0.4, 0.5) is 0 Å². The molecular weight excluding hydrogens is 276 g/mol. The van der Waals surface area contributed by atoms with Crippen molar-refractivity contribution in [2.24, 2.45) is 0 Å². The van der Waals surface area contributed by atoms with Gasteiger partial charge in [-0.15, -0.1) is 0 Å². The first-order chi connectivity index (χ1) is 10.1. The molecule has 6 heteroatoms. The summed E-state index contributed by atoms with van der Waals surface area (Å²) in [5.74, 6) is 0.119. The van der Waals surface area contributed by atoms with E-state index >= 15 is 0 Å². The number of rotatable bonds is 2. The van der Waals surface area contributed by atoms with Crippen LogP contribution < -0.4 is 14.9 Å². The lowest BCUT2D eigenvalue weighted by molar-refractivity contribution is 0.373. The average molecular weight is 288 g/mol. The zero-order valence-corrected chi connectivity index (χ0v) is 11.3. The van der Waals surface area contributed by atoms with Crippen LogP contribution in [0.1, 0.15) is 0 Å². The third-order valence-electron chi connectivity index (χ3n) is 3.28. The van der Waals surface area contributed by atoms with Crippen LogP contribution in [-0.2, 0) is 0 Å². The van der Waals surface area contributed by atoms with Crippen molar-refractivity contribution >= 4 is 21.9 Å². The van der Waals surface area contributed by atoms with Gasteiger partial charge < -0.3 is 24.1 Å². The van der Waals surface area contributed by atoms with Gasteiger partial charge in [-0.2, -0.15) is 0 Å². The van der Waals surface area contributed by atoms with Crippen LogP contribution in [0.2, 0.25) is 0 Å². The summed E-state index contributed by atoms with van der Waals surface area (Å²) in [6.45, 7) is 0. The van der Waals surface area contributed by atoms with Crippen molar-refractivity contribution in [1.29, 1.82) is 0 Å². The maximum absolute atomic E-state index is 12.5. The maximum Gasteiger partial charge on any atom is 0.204 e. The van der Waals surface area contributed by atoms with Crippen molar-refractivity contribution in [3.05, 3.63) is 34.5 Å². The second-order valence-corrected chi connectivity index (χ2v) is 4.44. The molecule has 0 saturated heterocycles. The Bertz CT molecular complexity index is 910. The van der Waals surface area contributed by atoms with Gasteiger partial charge in [0.2, 0.25) is 5.43 Å². The molecule has 0 spiro atoms. The highest BCUT2D eigenvalue weighted by molar-refractivity contribution is 5.96. The lowest BCUT2D eigenvalue weighted by Crippen LogP contribution is -2.03. The van der Waals surface area contributed by atoms with Crippen molar-refractivity contribution in [2.75, 3.05) is 14.2 Å². The van der Waals surface area contributed by atoms with Gasteiger partial charge in [-0.05, 0) is 18.2 Å². The summed E-state index contributed by atoms with van der Waals surface area (Å²) in [5, 5.41) is 19.9. The quantitative estimate of drug-likeness (QED) is 0.704. The second kappa shape index (κ2) is 4.59. The van der Waals surface area contributed by atoms with Crippen LogP contribution in [0.5, 0.6) is 23.0 Å². The molecule has 6 nitrogen and oxygen atoms in total. The predicted molar refractivity (Wildman–Crippen MR) is 76.4 cm³/mol. The fourth-order valence-corrected chi connectivity index (χ4v) is 2.25. The molecule has 3 aromatic rings. The smallest absolute Gasteiger partial charge is 0.204 e. The Morgan fingerprint density at radius 2 is 1.71 bits per heavy atom. The van der Waals surface area contributed by atoms with Gasteiger partial charge in [0, 0.05) is 6.07 Å². The number of phenols is 2. The highest BCUT2D eigenvalue weighted by atomic mass is 16.5. The molecule has 21 heavy (non-hydrogen) atoms. The molecule has 0 aliphatic heterocycles. The molecule has 0 unspecified atom stereocenters. The minimum atomic E-state index is -0.430. The molecule has 0 bridgehead atoms. The summed E-state index contributed by atoms with van der Waals surface area (Å²) in [5.41, 5.74) is -0.129. The summed E-state index contributed by atoms with van der Waals surface area (Å²) in [4.78, 5) is 12.5. The first kappa shape index (κ1) is 13.1. The van der Waals surface area contributed by atoms with Gasteiger partial charge in [0.05, 0.1) is 19.6 Å². The Morgan fingerprint density at radius 3 is 2.38 bits per heavy atom. The summed E-state index contributed by atoms with van der Waals surface area (Å²) in [6, 6.07) is 5.52. The Morgan fingerprint density at radius 1 is 1.00 bits per heavy atom. The van der Waals surface area contributed by atoms with E-state index in [0.717, 1.165) is 0 Å². The van der Waals surface area contributed by atoms with Gasteiger partial charge in [-0.1, -0.05) is 0 Å². The SMILES string of the molecule is COc1cc2c(=O)c3c(O)ccc(OC)c3oc2cc1O. The van der Waals surface area contributed by atoms with Gasteiger partial charge in [0.1, 0.15) is 16.7 Å². The molecule has 1 aromatic heterocycles. The van der Waals surface area contributed by atoms with Crippen LogP contribution in [0, 0.1) is 0 Å². The molecule has 0 aliphatic rings. The number of ether oxygens (including phenoxy) is 2. The molecule has 2 N–H and O–H groups in total. The first-order valence-corrected chi connectivity index (χ1v) is 6.10. The van der Waals surface area contributed by atoms with Gasteiger partial charge in [-0.25, -0.2) is 0 Å². The molecular formula is C15H12O6. The van der Waals surface area contributed by atoms with E-state index in [1.165, 1.54) is 38.5 Å². The molecule has 0 amide bonds. The van der Waals surface area contributed by atoms with Crippen LogP contribution in [0.3, 0.4) is 0 Å². The van der Waals surface area contributed by atoms with Crippen LogP contribution in [0.25, 0.3) is 21.9 Å². The number of hydrogen-bond acceptors (Lipinski definition) is 6. The van der Waals surface area contributed by atoms with Crippen LogP contribution in [-0.4, -0.2) is 24.4 Å². The van der Waals surface area contributed by atoms with E-state index in [4.69, 9.17) is 13.9 Å². The van der Waals surface area contributed by atoms with E-state index in [-0.39, 0.29) is 39.2 Å². The fraction of sp³-hybridized carbons (Fsp3) is 0.133. The highest BCUT2D eigenvalue weighted by Gasteiger charge is 2.17. The Labute approximate surface area is 118 Å². The number of hydrogen-bond donors (Lipinski definition) is 2. The van der Waals surface area contributed by atoms with Crippen LogP contribution >= 0.6 is 0 Å². The van der Waals surface area contributed by atoms with E-state index in [2.05, 4.69) is 0 Å². The van der Waals surface area contributed by atoms with E-state index in [0.29, 0.717) is 5.75 Å². The molecule has 0 saturated carbocycles. The average Bonchev–Trinajstić information content (AvgIpc) is 2.47. The fourth-order valence-electron chi connectivity index (χ4n) is 2.25. The molecule has 0 radical (unpaired) electrons. The number of aromatic hydroxyl groups is 2. The molecule has 108 valence electrons. The number of methoxy groups -OCH3 is 2. The lowest BCUT2D eigenvalue weighted by atomic mass is 10.1. The molecule has 2 aromatic carbocycles. The summed E-state index contributed by atoms with van der Waals surface area (Å²) in [7, 11) is 2.81. The third-order valence-corrected chi connectivity index (χ3v) is 3.28. The van der Waals surface area contributed by atoms with Crippen molar-refractivity contribution in [3.63, 3.8) is 0 Å². The monoisotopic (exact) mass is 288 g/mol. The molecule has 0 aliphatic carbocycles. The van der Waals surface area contributed by atoms with Crippen molar-refractivity contribution in [1.82, 2.24) is 0 Å².